The minimum Gasteiger partial charge on any atom is -0.371 e. The molecule has 0 saturated carbocycles. The molecule has 1 aliphatic carbocycles. The van der Waals surface area contributed by atoms with Crippen molar-refractivity contribution in [3.63, 3.8) is 0 Å². The molecular formula is C24H23N. The summed E-state index contributed by atoms with van der Waals surface area (Å²) in [6, 6.07) is 26.9. The highest BCUT2D eigenvalue weighted by atomic mass is 15.1. The Bertz CT molecular complexity index is 891. The molecule has 3 aromatic rings. The molecule has 0 N–H and O–H groups in total. The van der Waals surface area contributed by atoms with Gasteiger partial charge in [0.15, 0.2) is 0 Å². The van der Waals surface area contributed by atoms with Gasteiger partial charge in [0.05, 0.1) is 0 Å². The van der Waals surface area contributed by atoms with Crippen molar-refractivity contribution in [2.45, 2.75) is 25.2 Å². The van der Waals surface area contributed by atoms with E-state index in [4.69, 9.17) is 0 Å². The molecule has 1 aliphatic heterocycles. The molecule has 0 bridgehead atoms. The van der Waals surface area contributed by atoms with E-state index >= 15 is 0 Å². The zero-order valence-electron chi connectivity index (χ0n) is 14.5. The number of hydrogen-bond acceptors (Lipinski definition) is 1. The first-order valence-corrected chi connectivity index (χ1v) is 9.45. The fourth-order valence-electron chi connectivity index (χ4n) is 4.64. The molecule has 0 aromatic heterocycles. The van der Waals surface area contributed by atoms with E-state index in [0.29, 0.717) is 5.92 Å². The van der Waals surface area contributed by atoms with Gasteiger partial charge in [0.1, 0.15) is 0 Å². The lowest BCUT2D eigenvalue weighted by atomic mass is 9.88. The van der Waals surface area contributed by atoms with Crippen LogP contribution in [-0.2, 0) is 0 Å². The molecule has 25 heavy (non-hydrogen) atoms. The van der Waals surface area contributed by atoms with Gasteiger partial charge in [0.2, 0.25) is 0 Å². The molecule has 1 heteroatoms. The third kappa shape index (κ3) is 2.38. The van der Waals surface area contributed by atoms with E-state index in [1.807, 2.05) is 0 Å². The van der Waals surface area contributed by atoms with Crippen LogP contribution in [0.2, 0.25) is 0 Å². The first-order chi connectivity index (χ1) is 12.4. The summed E-state index contributed by atoms with van der Waals surface area (Å²) in [5.41, 5.74) is 8.64. The van der Waals surface area contributed by atoms with E-state index < -0.39 is 0 Å². The highest BCUT2D eigenvalue weighted by Gasteiger charge is 2.33. The highest BCUT2D eigenvalue weighted by Crippen LogP contribution is 2.51. The molecule has 1 fully saturated rings. The predicted octanol–water partition coefficient (Wildman–Crippen LogP) is 5.84. The molecule has 1 nitrogen and oxygen atoms in total. The van der Waals surface area contributed by atoms with Gasteiger partial charge in [0, 0.05) is 24.7 Å². The molecule has 0 spiro atoms. The van der Waals surface area contributed by atoms with E-state index in [-0.39, 0.29) is 0 Å². The Morgan fingerprint density at radius 3 is 2.20 bits per heavy atom. The van der Waals surface area contributed by atoms with Crippen LogP contribution in [-0.4, -0.2) is 13.1 Å². The number of rotatable bonds is 2. The maximum absolute atomic E-state index is 2.62. The summed E-state index contributed by atoms with van der Waals surface area (Å²) in [6.07, 6.45) is 3.99. The van der Waals surface area contributed by atoms with Crippen LogP contribution in [0.4, 0.5) is 5.69 Å². The van der Waals surface area contributed by atoms with Crippen molar-refractivity contribution in [1.29, 1.82) is 0 Å². The smallest absolute Gasteiger partial charge is 0.0414 e. The van der Waals surface area contributed by atoms with E-state index in [9.17, 15) is 0 Å². The van der Waals surface area contributed by atoms with Crippen LogP contribution >= 0.6 is 0 Å². The van der Waals surface area contributed by atoms with E-state index in [0.717, 1.165) is 0 Å². The standard InChI is InChI=1S/C24H23N/c1-3-10-18(11-4-1)23-20-13-6-5-12-19(20)21-14-9-15-22(24(21)23)25-16-7-2-8-17-25/h1,3-6,9-15,23H,2,7-8,16-17H2. The van der Waals surface area contributed by atoms with E-state index in [1.165, 1.54) is 65.9 Å². The highest BCUT2D eigenvalue weighted by molar-refractivity contribution is 5.86. The lowest BCUT2D eigenvalue weighted by molar-refractivity contribution is 0.576. The van der Waals surface area contributed by atoms with Crippen molar-refractivity contribution in [1.82, 2.24) is 0 Å². The van der Waals surface area contributed by atoms with Gasteiger partial charge in [-0.25, -0.2) is 0 Å². The van der Waals surface area contributed by atoms with Crippen LogP contribution in [0.15, 0.2) is 72.8 Å². The minimum atomic E-state index is 0.352. The molecule has 1 unspecified atom stereocenters. The first-order valence-electron chi connectivity index (χ1n) is 9.45. The molecule has 124 valence electrons. The molecule has 1 atom stereocenters. The average molecular weight is 325 g/mol. The summed E-state index contributed by atoms with van der Waals surface area (Å²) in [5.74, 6) is 0.352. The van der Waals surface area contributed by atoms with Crippen LogP contribution in [0.1, 0.15) is 41.9 Å². The van der Waals surface area contributed by atoms with Gasteiger partial charge < -0.3 is 4.90 Å². The van der Waals surface area contributed by atoms with Gasteiger partial charge in [-0.15, -0.1) is 0 Å². The van der Waals surface area contributed by atoms with Crippen molar-refractivity contribution < 1.29 is 0 Å². The Labute approximate surface area is 149 Å². The van der Waals surface area contributed by atoms with Gasteiger partial charge in [0.25, 0.3) is 0 Å². The van der Waals surface area contributed by atoms with Crippen molar-refractivity contribution in [3.8, 4) is 11.1 Å². The van der Waals surface area contributed by atoms with Crippen LogP contribution in [0.3, 0.4) is 0 Å². The maximum atomic E-state index is 2.62. The second kappa shape index (κ2) is 6.07. The third-order valence-electron chi connectivity index (χ3n) is 5.76. The number of fused-ring (bicyclic) bond motifs is 3. The fourth-order valence-corrected chi connectivity index (χ4v) is 4.64. The Balaban J connectivity index is 1.74. The lowest BCUT2D eigenvalue weighted by Crippen LogP contribution is -2.30. The first kappa shape index (κ1) is 14.8. The monoisotopic (exact) mass is 325 g/mol. The molecule has 0 radical (unpaired) electrons. The summed E-state index contributed by atoms with van der Waals surface area (Å²) in [5, 5.41) is 0. The molecular weight excluding hydrogens is 302 g/mol. The number of benzene rings is 3. The van der Waals surface area contributed by atoms with Gasteiger partial charge in [-0.1, -0.05) is 66.7 Å². The number of piperidine rings is 1. The quantitative estimate of drug-likeness (QED) is 0.448. The normalized spacial score (nSPS) is 18.7. The SMILES string of the molecule is c1ccc(C2c3ccccc3-c3cccc(N4CCCCC4)c32)cc1. The van der Waals surface area contributed by atoms with Crippen LogP contribution < -0.4 is 4.90 Å². The minimum absolute atomic E-state index is 0.352. The Kier molecular flexibility index (Phi) is 3.59. The van der Waals surface area contributed by atoms with Crippen molar-refractivity contribution in [2.75, 3.05) is 18.0 Å². The third-order valence-corrected chi connectivity index (χ3v) is 5.76. The van der Waals surface area contributed by atoms with E-state index in [2.05, 4.69) is 77.7 Å². The summed E-state index contributed by atoms with van der Waals surface area (Å²) in [4.78, 5) is 2.62. The molecule has 5 rings (SSSR count). The molecule has 1 saturated heterocycles. The van der Waals surface area contributed by atoms with Gasteiger partial charge in [-0.05, 0) is 53.1 Å². The summed E-state index contributed by atoms with van der Waals surface area (Å²) in [6.45, 7) is 2.38. The maximum Gasteiger partial charge on any atom is 0.0414 e. The summed E-state index contributed by atoms with van der Waals surface area (Å²) < 4.78 is 0. The Morgan fingerprint density at radius 2 is 1.36 bits per heavy atom. The van der Waals surface area contributed by atoms with Crippen molar-refractivity contribution in [2.24, 2.45) is 0 Å². The summed E-state index contributed by atoms with van der Waals surface area (Å²) >= 11 is 0. The average Bonchev–Trinajstić information content (AvgIpc) is 3.04. The lowest BCUT2D eigenvalue weighted by Gasteiger charge is -2.32. The van der Waals surface area contributed by atoms with Crippen LogP contribution in [0.5, 0.6) is 0 Å². The Hall–Kier alpha value is -2.54. The largest absolute Gasteiger partial charge is 0.371 e. The summed E-state index contributed by atoms with van der Waals surface area (Å²) in [7, 11) is 0. The van der Waals surface area contributed by atoms with Crippen molar-refractivity contribution in [3.05, 3.63) is 89.5 Å². The molecule has 1 heterocycles. The second-order valence-corrected chi connectivity index (χ2v) is 7.22. The number of hydrogen-bond donors (Lipinski definition) is 0. The fraction of sp³-hybridized carbons (Fsp3) is 0.250. The number of anilines is 1. The van der Waals surface area contributed by atoms with Gasteiger partial charge in [-0.3, -0.25) is 0 Å². The second-order valence-electron chi connectivity index (χ2n) is 7.22. The molecule has 3 aromatic carbocycles. The van der Waals surface area contributed by atoms with Crippen LogP contribution in [0.25, 0.3) is 11.1 Å². The zero-order valence-corrected chi connectivity index (χ0v) is 14.5. The van der Waals surface area contributed by atoms with Gasteiger partial charge in [-0.2, -0.15) is 0 Å². The predicted molar refractivity (Wildman–Crippen MR) is 105 cm³/mol. The molecule has 2 aliphatic rings. The molecule has 0 amide bonds. The van der Waals surface area contributed by atoms with Crippen LogP contribution in [0, 0.1) is 0 Å². The van der Waals surface area contributed by atoms with Gasteiger partial charge >= 0.3 is 0 Å². The van der Waals surface area contributed by atoms with Crippen molar-refractivity contribution >= 4 is 5.69 Å². The Morgan fingerprint density at radius 1 is 0.640 bits per heavy atom. The van der Waals surface area contributed by atoms with E-state index in [1.54, 1.807) is 0 Å². The topological polar surface area (TPSA) is 3.24 Å². The number of nitrogens with zero attached hydrogens (tertiary/aromatic N) is 1. The zero-order chi connectivity index (χ0) is 16.6.